The van der Waals surface area contributed by atoms with Crippen LogP contribution in [0.2, 0.25) is 5.02 Å². The average molecular weight is 456 g/mol. The van der Waals surface area contributed by atoms with Gasteiger partial charge in [-0.25, -0.2) is 4.90 Å². The SMILES string of the molecule is CCN1CCN(C2=C(c3ccc(Cl)cc3)C(=O)N(c3cc(OC)cc(OC)c3)C2=O)CC1. The zero-order valence-corrected chi connectivity index (χ0v) is 19.2. The minimum absolute atomic E-state index is 0.347. The summed E-state index contributed by atoms with van der Waals surface area (Å²) in [5, 5.41) is 0.568. The van der Waals surface area contributed by atoms with Crippen LogP contribution in [0, 0.1) is 0 Å². The molecule has 0 unspecified atom stereocenters. The van der Waals surface area contributed by atoms with E-state index < -0.39 is 0 Å². The van der Waals surface area contributed by atoms with Crippen molar-refractivity contribution in [2.75, 3.05) is 51.8 Å². The zero-order valence-electron chi connectivity index (χ0n) is 18.4. The van der Waals surface area contributed by atoms with Gasteiger partial charge in [-0.05, 0) is 24.2 Å². The Morgan fingerprint density at radius 1 is 0.875 bits per heavy atom. The van der Waals surface area contributed by atoms with Gasteiger partial charge in [0.15, 0.2) is 0 Å². The van der Waals surface area contributed by atoms with E-state index in [-0.39, 0.29) is 11.8 Å². The highest BCUT2D eigenvalue weighted by molar-refractivity contribution is 6.45. The lowest BCUT2D eigenvalue weighted by atomic mass is 10.0. The number of carbonyl (C=O) groups is 2. The lowest BCUT2D eigenvalue weighted by molar-refractivity contribution is -0.120. The molecule has 168 valence electrons. The predicted molar refractivity (Wildman–Crippen MR) is 124 cm³/mol. The molecule has 0 saturated carbocycles. The van der Waals surface area contributed by atoms with Gasteiger partial charge in [0.2, 0.25) is 0 Å². The fraction of sp³-hybridized carbons (Fsp3) is 0.333. The highest BCUT2D eigenvalue weighted by Gasteiger charge is 2.43. The molecule has 2 heterocycles. The molecular weight excluding hydrogens is 430 g/mol. The summed E-state index contributed by atoms with van der Waals surface area (Å²) in [6.07, 6.45) is 0. The van der Waals surface area contributed by atoms with Crippen LogP contribution in [-0.2, 0) is 9.59 Å². The van der Waals surface area contributed by atoms with Gasteiger partial charge in [-0.2, -0.15) is 0 Å². The molecule has 8 heteroatoms. The summed E-state index contributed by atoms with van der Waals surface area (Å²) >= 11 is 6.07. The second-order valence-electron chi connectivity index (χ2n) is 7.67. The van der Waals surface area contributed by atoms with Crippen LogP contribution in [0.3, 0.4) is 0 Å². The first-order valence-corrected chi connectivity index (χ1v) is 10.9. The first-order valence-electron chi connectivity index (χ1n) is 10.6. The molecule has 2 aromatic rings. The van der Waals surface area contributed by atoms with Crippen molar-refractivity contribution in [3.05, 3.63) is 58.7 Å². The zero-order chi connectivity index (χ0) is 22.8. The number of amides is 2. The van der Waals surface area contributed by atoms with Crippen LogP contribution in [-0.4, -0.2) is 68.6 Å². The van der Waals surface area contributed by atoms with Gasteiger partial charge in [0, 0.05) is 49.4 Å². The van der Waals surface area contributed by atoms with E-state index in [1.807, 2.05) is 4.90 Å². The highest BCUT2D eigenvalue weighted by atomic mass is 35.5. The van der Waals surface area contributed by atoms with Gasteiger partial charge < -0.3 is 19.3 Å². The fourth-order valence-electron chi connectivity index (χ4n) is 4.13. The summed E-state index contributed by atoms with van der Waals surface area (Å²) in [4.78, 5) is 32.9. The number of benzene rings is 2. The summed E-state index contributed by atoms with van der Waals surface area (Å²) in [6.45, 7) is 6.10. The van der Waals surface area contributed by atoms with Crippen LogP contribution < -0.4 is 14.4 Å². The number of methoxy groups -OCH3 is 2. The molecule has 0 radical (unpaired) electrons. The fourth-order valence-corrected chi connectivity index (χ4v) is 4.26. The normalized spacial score (nSPS) is 17.4. The number of likely N-dealkylation sites (N-methyl/N-ethyl adjacent to an activating group) is 1. The summed E-state index contributed by atoms with van der Waals surface area (Å²) < 4.78 is 10.7. The number of imide groups is 1. The van der Waals surface area contributed by atoms with E-state index in [4.69, 9.17) is 21.1 Å². The molecule has 32 heavy (non-hydrogen) atoms. The standard InChI is InChI=1S/C24H26ClN3O4/c1-4-26-9-11-27(12-10-26)22-21(16-5-7-17(25)8-6-16)23(29)28(24(22)30)18-13-19(31-2)15-20(14-18)32-3/h5-8,13-15H,4,9-12H2,1-3H3. The Bertz CT molecular complexity index is 1040. The van der Waals surface area contributed by atoms with E-state index in [0.717, 1.165) is 19.6 Å². The molecule has 2 aliphatic heterocycles. The predicted octanol–water partition coefficient (Wildman–Crippen LogP) is 3.28. The minimum Gasteiger partial charge on any atom is -0.497 e. The van der Waals surface area contributed by atoms with Gasteiger partial charge in [0.05, 0.1) is 25.5 Å². The Morgan fingerprint density at radius 3 is 2.00 bits per heavy atom. The molecule has 4 rings (SSSR count). The maximum absolute atomic E-state index is 13.7. The van der Waals surface area contributed by atoms with E-state index in [1.54, 1.807) is 42.5 Å². The second kappa shape index (κ2) is 9.22. The van der Waals surface area contributed by atoms with Crippen molar-refractivity contribution < 1.29 is 19.1 Å². The van der Waals surface area contributed by atoms with Gasteiger partial charge in [-0.15, -0.1) is 0 Å². The summed E-state index contributed by atoms with van der Waals surface area (Å²) in [6, 6.07) is 12.0. The molecule has 0 spiro atoms. The number of halogens is 1. The number of nitrogens with zero attached hydrogens (tertiary/aromatic N) is 3. The lowest BCUT2D eigenvalue weighted by Crippen LogP contribution is -2.47. The van der Waals surface area contributed by atoms with E-state index in [2.05, 4.69) is 11.8 Å². The van der Waals surface area contributed by atoms with Crippen molar-refractivity contribution in [3.63, 3.8) is 0 Å². The van der Waals surface area contributed by atoms with Crippen LogP contribution in [0.15, 0.2) is 48.2 Å². The van der Waals surface area contributed by atoms with Crippen LogP contribution in [0.4, 0.5) is 5.69 Å². The second-order valence-corrected chi connectivity index (χ2v) is 8.10. The number of piperazine rings is 1. The van der Waals surface area contributed by atoms with Crippen molar-refractivity contribution in [1.29, 1.82) is 0 Å². The molecule has 7 nitrogen and oxygen atoms in total. The molecule has 2 amide bonds. The molecule has 2 aliphatic rings. The smallest absolute Gasteiger partial charge is 0.282 e. The molecule has 0 atom stereocenters. The van der Waals surface area contributed by atoms with E-state index >= 15 is 0 Å². The third-order valence-electron chi connectivity index (χ3n) is 5.92. The third-order valence-corrected chi connectivity index (χ3v) is 6.17. The maximum Gasteiger partial charge on any atom is 0.282 e. The van der Waals surface area contributed by atoms with E-state index in [1.165, 1.54) is 19.1 Å². The van der Waals surface area contributed by atoms with Crippen molar-refractivity contribution in [1.82, 2.24) is 9.80 Å². The summed E-state index contributed by atoms with van der Waals surface area (Å²) in [7, 11) is 3.06. The van der Waals surface area contributed by atoms with E-state index in [0.29, 0.717) is 52.1 Å². The Balaban J connectivity index is 1.79. The molecule has 1 saturated heterocycles. The van der Waals surface area contributed by atoms with Gasteiger partial charge in [-0.1, -0.05) is 30.7 Å². The van der Waals surface area contributed by atoms with Crippen molar-refractivity contribution in [3.8, 4) is 11.5 Å². The Hall–Kier alpha value is -3.03. The highest BCUT2D eigenvalue weighted by Crippen LogP contribution is 2.38. The monoisotopic (exact) mass is 455 g/mol. The van der Waals surface area contributed by atoms with Crippen molar-refractivity contribution >= 4 is 34.7 Å². The van der Waals surface area contributed by atoms with Gasteiger partial charge in [0.25, 0.3) is 11.8 Å². The average Bonchev–Trinajstić information content (AvgIpc) is 3.09. The Kier molecular flexibility index (Phi) is 6.39. The Morgan fingerprint density at radius 2 is 1.47 bits per heavy atom. The van der Waals surface area contributed by atoms with Crippen molar-refractivity contribution in [2.24, 2.45) is 0 Å². The topological polar surface area (TPSA) is 62.3 Å². The molecule has 1 fully saturated rings. The number of anilines is 1. The van der Waals surface area contributed by atoms with Crippen LogP contribution in [0.25, 0.3) is 5.57 Å². The molecule has 0 aromatic heterocycles. The van der Waals surface area contributed by atoms with E-state index in [9.17, 15) is 9.59 Å². The summed E-state index contributed by atoms with van der Waals surface area (Å²) in [5.74, 6) is 0.275. The molecule has 0 aliphatic carbocycles. The van der Waals surface area contributed by atoms with Crippen LogP contribution in [0.5, 0.6) is 11.5 Å². The number of hydrogen-bond donors (Lipinski definition) is 0. The first kappa shape index (κ1) is 22.2. The maximum atomic E-state index is 13.7. The quantitative estimate of drug-likeness (QED) is 0.623. The Labute approximate surface area is 192 Å². The largest absolute Gasteiger partial charge is 0.497 e. The number of carbonyl (C=O) groups excluding carboxylic acids is 2. The minimum atomic E-state index is -0.374. The van der Waals surface area contributed by atoms with Crippen LogP contribution in [0.1, 0.15) is 12.5 Å². The lowest BCUT2D eigenvalue weighted by Gasteiger charge is -2.36. The molecule has 0 bridgehead atoms. The molecular formula is C24H26ClN3O4. The number of hydrogen-bond acceptors (Lipinski definition) is 6. The first-order chi connectivity index (χ1) is 15.5. The molecule has 0 N–H and O–H groups in total. The number of rotatable bonds is 6. The van der Waals surface area contributed by atoms with Gasteiger partial charge in [-0.3, -0.25) is 9.59 Å². The number of ether oxygens (including phenoxy) is 2. The molecule has 2 aromatic carbocycles. The summed E-state index contributed by atoms with van der Waals surface area (Å²) in [5.41, 5.74) is 1.89. The third kappa shape index (κ3) is 4.06. The van der Waals surface area contributed by atoms with Crippen LogP contribution >= 0.6 is 11.6 Å². The van der Waals surface area contributed by atoms with Gasteiger partial charge in [0.1, 0.15) is 17.2 Å². The van der Waals surface area contributed by atoms with Gasteiger partial charge >= 0.3 is 0 Å². The van der Waals surface area contributed by atoms with Crippen molar-refractivity contribution in [2.45, 2.75) is 6.92 Å².